The van der Waals surface area contributed by atoms with E-state index in [2.05, 4.69) is 20.8 Å². The van der Waals surface area contributed by atoms with Gasteiger partial charge in [-0.3, -0.25) is 9.59 Å². The number of aliphatic carboxylic acids is 1. The molecule has 82 valence electrons. The fourth-order valence-corrected chi connectivity index (χ4v) is 1.12. The molecule has 0 aromatic rings. The standard InChI is InChI=1S/C11H20O3/c1-8(7-10(13)14)9(12)5-6-11(2,3)4/h8H,5-7H2,1-4H3,(H,13,14). The van der Waals surface area contributed by atoms with Gasteiger partial charge in [0, 0.05) is 12.3 Å². The molecule has 0 fully saturated rings. The molecule has 0 aromatic carbocycles. The summed E-state index contributed by atoms with van der Waals surface area (Å²) in [5.41, 5.74) is 0.138. The van der Waals surface area contributed by atoms with E-state index in [0.29, 0.717) is 6.42 Å². The molecule has 0 aromatic heterocycles. The van der Waals surface area contributed by atoms with Crippen LogP contribution < -0.4 is 0 Å². The van der Waals surface area contributed by atoms with E-state index in [-0.39, 0.29) is 23.5 Å². The Labute approximate surface area is 85.5 Å². The molecule has 0 saturated carbocycles. The lowest BCUT2D eigenvalue weighted by Crippen LogP contribution is -2.17. The lowest BCUT2D eigenvalue weighted by atomic mass is 9.87. The van der Waals surface area contributed by atoms with Gasteiger partial charge in [0.1, 0.15) is 5.78 Å². The van der Waals surface area contributed by atoms with Gasteiger partial charge in [0.05, 0.1) is 6.42 Å². The second-order valence-corrected chi connectivity index (χ2v) is 5.03. The molecule has 0 aliphatic rings. The predicted molar refractivity (Wildman–Crippen MR) is 55.1 cm³/mol. The molecule has 0 radical (unpaired) electrons. The van der Waals surface area contributed by atoms with Crippen molar-refractivity contribution in [2.75, 3.05) is 0 Å². The van der Waals surface area contributed by atoms with Crippen molar-refractivity contribution >= 4 is 11.8 Å². The lowest BCUT2D eigenvalue weighted by molar-refractivity contribution is -0.140. The zero-order valence-electron chi connectivity index (χ0n) is 9.46. The highest BCUT2D eigenvalue weighted by Crippen LogP contribution is 2.22. The summed E-state index contributed by atoms with van der Waals surface area (Å²) in [4.78, 5) is 21.8. The van der Waals surface area contributed by atoms with Gasteiger partial charge in [-0.15, -0.1) is 0 Å². The molecule has 0 amide bonds. The molecule has 0 rings (SSSR count). The first-order chi connectivity index (χ1) is 6.22. The first-order valence-corrected chi connectivity index (χ1v) is 4.97. The van der Waals surface area contributed by atoms with E-state index in [1.54, 1.807) is 6.92 Å². The lowest BCUT2D eigenvalue weighted by Gasteiger charge is -2.18. The summed E-state index contributed by atoms with van der Waals surface area (Å²) in [6.07, 6.45) is 1.25. The second kappa shape index (κ2) is 5.13. The number of hydrogen-bond acceptors (Lipinski definition) is 2. The van der Waals surface area contributed by atoms with Crippen LogP contribution in [-0.4, -0.2) is 16.9 Å². The number of carbonyl (C=O) groups is 2. The van der Waals surface area contributed by atoms with Gasteiger partial charge in [0.15, 0.2) is 0 Å². The Bertz CT molecular complexity index is 213. The normalized spacial score (nSPS) is 13.7. The summed E-state index contributed by atoms with van der Waals surface area (Å²) < 4.78 is 0. The van der Waals surface area contributed by atoms with Gasteiger partial charge >= 0.3 is 5.97 Å². The maximum absolute atomic E-state index is 11.5. The highest BCUT2D eigenvalue weighted by atomic mass is 16.4. The first-order valence-electron chi connectivity index (χ1n) is 4.97. The third-order valence-corrected chi connectivity index (χ3v) is 2.15. The van der Waals surface area contributed by atoms with Crippen LogP contribution >= 0.6 is 0 Å². The molecule has 0 aliphatic carbocycles. The predicted octanol–water partition coefficient (Wildman–Crippen LogP) is 2.49. The number of rotatable bonds is 5. The SMILES string of the molecule is CC(CC(=O)O)C(=O)CCC(C)(C)C. The van der Waals surface area contributed by atoms with Crippen LogP contribution in [0.3, 0.4) is 0 Å². The van der Waals surface area contributed by atoms with Crippen LogP contribution in [0.1, 0.15) is 47.0 Å². The van der Waals surface area contributed by atoms with E-state index < -0.39 is 5.97 Å². The Balaban J connectivity index is 3.91. The smallest absolute Gasteiger partial charge is 0.304 e. The Kier molecular flexibility index (Phi) is 4.81. The Morgan fingerprint density at radius 2 is 1.79 bits per heavy atom. The number of ketones is 1. The van der Waals surface area contributed by atoms with Crippen LogP contribution in [0, 0.1) is 11.3 Å². The molecule has 0 bridgehead atoms. The number of carboxylic acid groups (broad SMARTS) is 1. The van der Waals surface area contributed by atoms with E-state index in [1.165, 1.54) is 0 Å². The van der Waals surface area contributed by atoms with Crippen LogP contribution in [-0.2, 0) is 9.59 Å². The fourth-order valence-electron chi connectivity index (χ4n) is 1.12. The molecule has 3 heteroatoms. The van der Waals surface area contributed by atoms with Gasteiger partial charge in [-0.2, -0.15) is 0 Å². The topological polar surface area (TPSA) is 54.4 Å². The molecule has 14 heavy (non-hydrogen) atoms. The molecule has 0 spiro atoms. The van der Waals surface area contributed by atoms with Gasteiger partial charge < -0.3 is 5.11 Å². The Hall–Kier alpha value is -0.860. The first kappa shape index (κ1) is 13.1. The van der Waals surface area contributed by atoms with Crippen molar-refractivity contribution in [3.8, 4) is 0 Å². The minimum Gasteiger partial charge on any atom is -0.481 e. The summed E-state index contributed by atoms with van der Waals surface area (Å²) in [7, 11) is 0. The monoisotopic (exact) mass is 200 g/mol. The van der Waals surface area contributed by atoms with Crippen LogP contribution in [0.25, 0.3) is 0 Å². The van der Waals surface area contributed by atoms with Gasteiger partial charge in [-0.1, -0.05) is 27.7 Å². The minimum atomic E-state index is -0.901. The number of hydrogen-bond donors (Lipinski definition) is 1. The molecule has 3 nitrogen and oxygen atoms in total. The summed E-state index contributed by atoms with van der Waals surface area (Å²) >= 11 is 0. The number of carboxylic acids is 1. The Morgan fingerprint density at radius 1 is 1.29 bits per heavy atom. The fraction of sp³-hybridized carbons (Fsp3) is 0.818. The quantitative estimate of drug-likeness (QED) is 0.741. The van der Waals surface area contributed by atoms with Crippen molar-refractivity contribution in [2.24, 2.45) is 11.3 Å². The second-order valence-electron chi connectivity index (χ2n) is 5.03. The van der Waals surface area contributed by atoms with Crippen LogP contribution in [0.15, 0.2) is 0 Å². The van der Waals surface area contributed by atoms with E-state index in [9.17, 15) is 9.59 Å². The summed E-state index contributed by atoms with van der Waals surface area (Å²) in [6.45, 7) is 7.89. The molecule has 1 N–H and O–H groups in total. The number of carbonyl (C=O) groups excluding carboxylic acids is 1. The van der Waals surface area contributed by atoms with Crippen LogP contribution in [0.2, 0.25) is 0 Å². The summed E-state index contributed by atoms with van der Waals surface area (Å²) in [5, 5.41) is 8.51. The molecular weight excluding hydrogens is 180 g/mol. The van der Waals surface area contributed by atoms with E-state index in [1.807, 2.05) is 0 Å². The highest BCUT2D eigenvalue weighted by molar-refractivity contribution is 5.84. The van der Waals surface area contributed by atoms with Crippen molar-refractivity contribution in [3.63, 3.8) is 0 Å². The van der Waals surface area contributed by atoms with Crippen molar-refractivity contribution < 1.29 is 14.7 Å². The summed E-state index contributed by atoms with van der Waals surface area (Å²) in [6, 6.07) is 0. The van der Waals surface area contributed by atoms with E-state index in [4.69, 9.17) is 5.11 Å². The zero-order chi connectivity index (χ0) is 11.4. The maximum atomic E-state index is 11.5. The van der Waals surface area contributed by atoms with Gasteiger partial charge in [0.2, 0.25) is 0 Å². The molecule has 0 heterocycles. The average Bonchev–Trinajstić information content (AvgIpc) is 1.97. The maximum Gasteiger partial charge on any atom is 0.304 e. The van der Waals surface area contributed by atoms with E-state index in [0.717, 1.165) is 6.42 Å². The van der Waals surface area contributed by atoms with Crippen LogP contribution in [0.4, 0.5) is 0 Å². The van der Waals surface area contributed by atoms with Crippen LogP contribution in [0.5, 0.6) is 0 Å². The van der Waals surface area contributed by atoms with Gasteiger partial charge in [-0.25, -0.2) is 0 Å². The largest absolute Gasteiger partial charge is 0.481 e. The van der Waals surface area contributed by atoms with Gasteiger partial charge in [0.25, 0.3) is 0 Å². The molecule has 1 unspecified atom stereocenters. The average molecular weight is 200 g/mol. The minimum absolute atomic E-state index is 0.0526. The summed E-state index contributed by atoms with van der Waals surface area (Å²) in [5.74, 6) is -1.20. The van der Waals surface area contributed by atoms with Crippen molar-refractivity contribution in [1.29, 1.82) is 0 Å². The molecule has 0 aliphatic heterocycles. The molecular formula is C11H20O3. The third kappa shape index (κ3) is 6.63. The highest BCUT2D eigenvalue weighted by Gasteiger charge is 2.19. The van der Waals surface area contributed by atoms with Crippen molar-refractivity contribution in [3.05, 3.63) is 0 Å². The zero-order valence-corrected chi connectivity index (χ0v) is 9.46. The van der Waals surface area contributed by atoms with Crippen molar-refractivity contribution in [1.82, 2.24) is 0 Å². The van der Waals surface area contributed by atoms with E-state index >= 15 is 0 Å². The molecule has 0 saturated heterocycles. The van der Waals surface area contributed by atoms with Crippen molar-refractivity contribution in [2.45, 2.75) is 47.0 Å². The van der Waals surface area contributed by atoms with Gasteiger partial charge in [-0.05, 0) is 11.8 Å². The molecule has 1 atom stereocenters. The Morgan fingerprint density at radius 3 is 2.14 bits per heavy atom. The third-order valence-electron chi connectivity index (χ3n) is 2.15. The number of Topliss-reactive ketones (excluding diaryl/α,β-unsaturated/α-hetero) is 1.